The number of nitrogens with zero attached hydrogens (tertiary/aromatic N) is 4. The first-order valence-corrected chi connectivity index (χ1v) is 7.91. The predicted molar refractivity (Wildman–Crippen MR) is 93.8 cm³/mol. The lowest BCUT2D eigenvalue weighted by atomic mass is 10.2. The van der Waals surface area contributed by atoms with Crippen molar-refractivity contribution in [1.82, 2.24) is 19.7 Å². The van der Waals surface area contributed by atoms with Crippen molar-refractivity contribution in [2.45, 2.75) is 26.5 Å². The van der Waals surface area contributed by atoms with Crippen LogP contribution in [0.5, 0.6) is 5.75 Å². The standard InChI is InChI=1S/C18H21N5O/c1-13(2)24-17-7-5-4-6-14(17)10-20-16-8-15(9-19-11-16)18-22-21-12-23(18)3/h4-9,11-13,20H,10H2,1-3H3. The minimum atomic E-state index is 0.145. The number of para-hydroxylation sites is 1. The van der Waals surface area contributed by atoms with Crippen LogP contribution in [0.2, 0.25) is 0 Å². The summed E-state index contributed by atoms with van der Waals surface area (Å²) >= 11 is 0. The zero-order valence-electron chi connectivity index (χ0n) is 14.1. The van der Waals surface area contributed by atoms with Gasteiger partial charge < -0.3 is 14.6 Å². The molecule has 0 saturated heterocycles. The Morgan fingerprint density at radius 2 is 2.04 bits per heavy atom. The van der Waals surface area contributed by atoms with E-state index in [9.17, 15) is 0 Å². The normalized spacial score (nSPS) is 10.8. The quantitative estimate of drug-likeness (QED) is 0.754. The van der Waals surface area contributed by atoms with Gasteiger partial charge in [0.25, 0.3) is 0 Å². The van der Waals surface area contributed by atoms with Gasteiger partial charge in [0.2, 0.25) is 0 Å². The molecule has 0 bridgehead atoms. The lowest BCUT2D eigenvalue weighted by molar-refractivity contribution is 0.240. The van der Waals surface area contributed by atoms with Crippen molar-refractivity contribution in [1.29, 1.82) is 0 Å². The van der Waals surface area contributed by atoms with Crippen LogP contribution in [0.15, 0.2) is 49.1 Å². The summed E-state index contributed by atoms with van der Waals surface area (Å²) in [5.74, 6) is 1.69. The van der Waals surface area contributed by atoms with Crippen LogP contribution >= 0.6 is 0 Å². The van der Waals surface area contributed by atoms with Crippen molar-refractivity contribution in [2.24, 2.45) is 7.05 Å². The highest BCUT2D eigenvalue weighted by Gasteiger charge is 2.08. The molecule has 3 aromatic rings. The minimum absolute atomic E-state index is 0.145. The van der Waals surface area contributed by atoms with Gasteiger partial charge in [-0.1, -0.05) is 18.2 Å². The summed E-state index contributed by atoms with van der Waals surface area (Å²) in [6.45, 7) is 4.71. The Morgan fingerprint density at radius 1 is 1.21 bits per heavy atom. The molecule has 24 heavy (non-hydrogen) atoms. The molecule has 124 valence electrons. The highest BCUT2D eigenvalue weighted by molar-refractivity contribution is 5.60. The second-order valence-electron chi connectivity index (χ2n) is 5.86. The number of ether oxygens (including phenoxy) is 1. The first-order chi connectivity index (χ1) is 11.6. The van der Waals surface area contributed by atoms with E-state index in [0.717, 1.165) is 28.4 Å². The predicted octanol–water partition coefficient (Wildman–Crippen LogP) is 3.28. The van der Waals surface area contributed by atoms with Crippen LogP contribution in [0.3, 0.4) is 0 Å². The van der Waals surface area contributed by atoms with E-state index >= 15 is 0 Å². The topological polar surface area (TPSA) is 64.9 Å². The van der Waals surface area contributed by atoms with Gasteiger partial charge in [0.05, 0.1) is 11.8 Å². The van der Waals surface area contributed by atoms with Crippen LogP contribution in [0.1, 0.15) is 19.4 Å². The number of hydrogen-bond donors (Lipinski definition) is 1. The van der Waals surface area contributed by atoms with E-state index in [1.54, 1.807) is 18.7 Å². The van der Waals surface area contributed by atoms with Gasteiger partial charge in [0.1, 0.15) is 12.1 Å². The van der Waals surface area contributed by atoms with Gasteiger partial charge in [-0.2, -0.15) is 0 Å². The average molecular weight is 323 g/mol. The van der Waals surface area contributed by atoms with E-state index in [-0.39, 0.29) is 6.10 Å². The van der Waals surface area contributed by atoms with Crippen molar-refractivity contribution in [3.63, 3.8) is 0 Å². The maximum Gasteiger partial charge on any atom is 0.165 e. The molecule has 0 saturated carbocycles. The fraction of sp³-hybridized carbons (Fsp3) is 0.278. The van der Waals surface area contributed by atoms with Crippen LogP contribution in [0.4, 0.5) is 5.69 Å². The number of pyridine rings is 1. The van der Waals surface area contributed by atoms with E-state index in [1.165, 1.54) is 0 Å². The third-order valence-corrected chi connectivity index (χ3v) is 3.53. The maximum absolute atomic E-state index is 5.85. The van der Waals surface area contributed by atoms with Crippen molar-refractivity contribution in [3.8, 4) is 17.1 Å². The smallest absolute Gasteiger partial charge is 0.165 e. The molecule has 3 rings (SSSR count). The van der Waals surface area contributed by atoms with Crippen LogP contribution in [0, 0.1) is 0 Å². The maximum atomic E-state index is 5.85. The number of nitrogens with one attached hydrogen (secondary N) is 1. The van der Waals surface area contributed by atoms with Gasteiger partial charge in [-0.15, -0.1) is 10.2 Å². The third-order valence-electron chi connectivity index (χ3n) is 3.53. The molecular formula is C18H21N5O. The second-order valence-corrected chi connectivity index (χ2v) is 5.86. The highest BCUT2D eigenvalue weighted by Crippen LogP contribution is 2.22. The Bertz CT molecular complexity index is 812. The van der Waals surface area contributed by atoms with E-state index in [0.29, 0.717) is 6.54 Å². The number of benzene rings is 1. The van der Waals surface area contributed by atoms with Crippen molar-refractivity contribution < 1.29 is 4.74 Å². The molecule has 0 unspecified atom stereocenters. The minimum Gasteiger partial charge on any atom is -0.491 e. The molecule has 0 aliphatic carbocycles. The van der Waals surface area contributed by atoms with Crippen LogP contribution < -0.4 is 10.1 Å². The second kappa shape index (κ2) is 7.12. The van der Waals surface area contributed by atoms with Gasteiger partial charge in [0, 0.05) is 37.1 Å². The number of anilines is 1. The fourth-order valence-electron chi connectivity index (χ4n) is 2.42. The molecule has 0 atom stereocenters. The number of rotatable bonds is 6. The first-order valence-electron chi connectivity index (χ1n) is 7.91. The Morgan fingerprint density at radius 3 is 2.79 bits per heavy atom. The third kappa shape index (κ3) is 3.71. The molecule has 0 amide bonds. The molecule has 1 N–H and O–H groups in total. The van der Waals surface area contributed by atoms with E-state index in [4.69, 9.17) is 4.74 Å². The summed E-state index contributed by atoms with van der Waals surface area (Å²) in [5.41, 5.74) is 2.96. The zero-order valence-corrected chi connectivity index (χ0v) is 14.1. The van der Waals surface area contributed by atoms with Crippen molar-refractivity contribution in [3.05, 3.63) is 54.6 Å². The van der Waals surface area contributed by atoms with Crippen LogP contribution in [-0.2, 0) is 13.6 Å². The largest absolute Gasteiger partial charge is 0.491 e. The highest BCUT2D eigenvalue weighted by atomic mass is 16.5. The molecule has 6 heteroatoms. The van der Waals surface area contributed by atoms with Gasteiger partial charge >= 0.3 is 0 Å². The summed E-state index contributed by atoms with van der Waals surface area (Å²) in [7, 11) is 1.91. The molecule has 2 heterocycles. The van der Waals surface area contributed by atoms with Crippen molar-refractivity contribution in [2.75, 3.05) is 5.32 Å². The Labute approximate surface area is 141 Å². The van der Waals surface area contributed by atoms with Gasteiger partial charge in [-0.3, -0.25) is 4.98 Å². The van der Waals surface area contributed by atoms with Gasteiger partial charge in [0.15, 0.2) is 5.82 Å². The lowest BCUT2D eigenvalue weighted by Gasteiger charge is -2.15. The lowest BCUT2D eigenvalue weighted by Crippen LogP contribution is -2.09. The monoisotopic (exact) mass is 323 g/mol. The average Bonchev–Trinajstić information content (AvgIpc) is 3.00. The summed E-state index contributed by atoms with van der Waals surface area (Å²) in [5, 5.41) is 11.4. The molecule has 0 radical (unpaired) electrons. The van der Waals surface area contributed by atoms with E-state index < -0.39 is 0 Å². The molecule has 0 aliphatic heterocycles. The van der Waals surface area contributed by atoms with Crippen LogP contribution in [0.25, 0.3) is 11.4 Å². The molecule has 0 aliphatic rings. The molecule has 1 aromatic carbocycles. The summed E-state index contributed by atoms with van der Waals surface area (Å²) in [4.78, 5) is 4.29. The number of hydrogen-bond acceptors (Lipinski definition) is 5. The molecule has 2 aromatic heterocycles. The Hall–Kier alpha value is -2.89. The Balaban J connectivity index is 1.75. The molecule has 0 fully saturated rings. The summed E-state index contributed by atoms with van der Waals surface area (Å²) < 4.78 is 7.72. The zero-order chi connectivity index (χ0) is 16.9. The van der Waals surface area contributed by atoms with Crippen LogP contribution in [-0.4, -0.2) is 25.9 Å². The van der Waals surface area contributed by atoms with Gasteiger partial charge in [-0.05, 0) is 26.0 Å². The fourth-order valence-corrected chi connectivity index (χ4v) is 2.42. The summed E-state index contributed by atoms with van der Waals surface area (Å²) in [6.07, 6.45) is 5.40. The van der Waals surface area contributed by atoms with Crippen molar-refractivity contribution >= 4 is 5.69 Å². The van der Waals surface area contributed by atoms with Gasteiger partial charge in [-0.25, -0.2) is 0 Å². The number of aryl methyl sites for hydroxylation is 1. The SMILES string of the molecule is CC(C)Oc1ccccc1CNc1cncc(-c2nncn2C)c1. The molecular weight excluding hydrogens is 302 g/mol. The number of aromatic nitrogens is 4. The molecule has 6 nitrogen and oxygen atoms in total. The van der Waals surface area contributed by atoms with E-state index in [2.05, 4.69) is 26.6 Å². The summed E-state index contributed by atoms with van der Waals surface area (Å²) in [6, 6.07) is 10.1. The molecule has 0 spiro atoms. The first kappa shape index (κ1) is 16.0. The Kier molecular flexibility index (Phi) is 4.74. The van der Waals surface area contributed by atoms with E-state index in [1.807, 2.05) is 49.7 Å².